The van der Waals surface area contributed by atoms with Crippen LogP contribution in [0.3, 0.4) is 0 Å². The van der Waals surface area contributed by atoms with E-state index in [1.807, 2.05) is 0 Å². The Bertz CT molecular complexity index is 1060. The van der Waals surface area contributed by atoms with Crippen molar-refractivity contribution in [1.82, 2.24) is 14.5 Å². The Balaban J connectivity index is 1.80. The summed E-state index contributed by atoms with van der Waals surface area (Å²) in [6.07, 6.45) is -3.84. The molecule has 2 aliphatic rings. The second-order valence-electron chi connectivity index (χ2n) is 7.74. The van der Waals surface area contributed by atoms with Crippen LogP contribution in [0.4, 0.5) is 29.3 Å². The van der Waals surface area contributed by atoms with Gasteiger partial charge in [-0.05, 0) is 25.5 Å². The molecule has 0 spiro atoms. The Labute approximate surface area is 180 Å². The van der Waals surface area contributed by atoms with Crippen molar-refractivity contribution in [2.24, 2.45) is 0 Å². The number of carbonyl (C=O) groups is 1. The zero-order valence-corrected chi connectivity index (χ0v) is 17.2. The number of carbonyl (C=O) groups excluding carboxylic acids is 1. The van der Waals surface area contributed by atoms with Crippen LogP contribution in [0.1, 0.15) is 23.8 Å². The largest absolute Gasteiger partial charge is 0.408 e. The molecule has 0 bridgehead atoms. The first-order valence-corrected chi connectivity index (χ1v) is 10.1. The monoisotopic (exact) mass is 455 g/mol. The number of ketones is 1. The molecule has 2 aliphatic heterocycles. The summed E-state index contributed by atoms with van der Waals surface area (Å²) in [6.45, 7) is 1.40. The van der Waals surface area contributed by atoms with Gasteiger partial charge in [0.2, 0.25) is 11.8 Å². The Morgan fingerprint density at radius 3 is 2.72 bits per heavy atom. The maximum atomic E-state index is 14.9. The lowest BCUT2D eigenvalue weighted by Crippen LogP contribution is -2.55. The molecule has 12 heteroatoms. The van der Waals surface area contributed by atoms with Crippen LogP contribution in [0.2, 0.25) is 0 Å². The Morgan fingerprint density at radius 1 is 1.28 bits per heavy atom. The van der Waals surface area contributed by atoms with Gasteiger partial charge in [0.1, 0.15) is 11.7 Å². The smallest absolute Gasteiger partial charge is 0.377 e. The Hall–Kier alpha value is -3.02. The molecule has 4 heterocycles. The number of aromatic nitrogens is 3. The molecule has 2 aromatic heterocycles. The number of alkyl halides is 3. The van der Waals surface area contributed by atoms with E-state index in [1.54, 1.807) is 19.1 Å². The van der Waals surface area contributed by atoms with E-state index in [-0.39, 0.29) is 49.8 Å². The van der Waals surface area contributed by atoms with E-state index in [0.717, 1.165) is 9.47 Å². The number of anilines is 2. The summed E-state index contributed by atoms with van der Waals surface area (Å²) in [5, 5.41) is 0. The van der Waals surface area contributed by atoms with Gasteiger partial charge in [0.25, 0.3) is 5.56 Å². The highest BCUT2D eigenvalue weighted by molar-refractivity contribution is 5.97. The van der Waals surface area contributed by atoms with Crippen LogP contribution >= 0.6 is 0 Å². The second-order valence-corrected chi connectivity index (χ2v) is 7.74. The highest BCUT2D eigenvalue weighted by Gasteiger charge is 2.48. The van der Waals surface area contributed by atoms with E-state index in [4.69, 9.17) is 4.74 Å². The summed E-state index contributed by atoms with van der Waals surface area (Å²) in [5.74, 6) is -2.53. The zero-order valence-electron chi connectivity index (χ0n) is 17.2. The van der Waals surface area contributed by atoms with Gasteiger partial charge in [-0.2, -0.15) is 22.5 Å². The van der Waals surface area contributed by atoms with E-state index < -0.39 is 42.3 Å². The predicted molar refractivity (Wildman–Crippen MR) is 106 cm³/mol. The lowest BCUT2D eigenvalue weighted by atomic mass is 10.1. The summed E-state index contributed by atoms with van der Waals surface area (Å²) in [5.41, 5.74) is -1.09. The maximum absolute atomic E-state index is 14.9. The fourth-order valence-corrected chi connectivity index (χ4v) is 3.99. The van der Waals surface area contributed by atoms with Gasteiger partial charge in [0, 0.05) is 19.3 Å². The lowest BCUT2D eigenvalue weighted by Gasteiger charge is -2.40. The first-order valence-electron chi connectivity index (χ1n) is 10.1. The van der Waals surface area contributed by atoms with Gasteiger partial charge in [0.05, 0.1) is 25.8 Å². The molecule has 0 N–H and O–H groups in total. The quantitative estimate of drug-likeness (QED) is 0.516. The normalized spacial score (nSPS) is 21.4. The van der Waals surface area contributed by atoms with E-state index in [9.17, 15) is 27.2 Å². The average Bonchev–Trinajstić information content (AvgIpc) is 2.76. The summed E-state index contributed by atoms with van der Waals surface area (Å²) < 4.78 is 62.7. The minimum Gasteiger partial charge on any atom is -0.377 e. The highest BCUT2D eigenvalue weighted by Crippen LogP contribution is 2.35. The third-order valence-corrected chi connectivity index (χ3v) is 5.62. The van der Waals surface area contributed by atoms with Gasteiger partial charge >= 0.3 is 6.18 Å². The number of halogens is 4. The van der Waals surface area contributed by atoms with Crippen LogP contribution in [0.25, 0.3) is 0 Å². The van der Waals surface area contributed by atoms with Gasteiger partial charge in [-0.25, -0.2) is 0 Å². The highest BCUT2D eigenvalue weighted by atomic mass is 19.4. The summed E-state index contributed by atoms with van der Waals surface area (Å²) in [6, 6.07) is 2.12. The van der Waals surface area contributed by atoms with Crippen molar-refractivity contribution in [3.8, 4) is 0 Å². The Kier molecular flexibility index (Phi) is 5.89. The molecule has 0 aromatic carbocycles. The van der Waals surface area contributed by atoms with Crippen molar-refractivity contribution < 1.29 is 27.1 Å². The van der Waals surface area contributed by atoms with Crippen LogP contribution in [0.15, 0.2) is 29.2 Å². The summed E-state index contributed by atoms with van der Waals surface area (Å²) in [7, 11) is 0. The molecule has 0 radical (unpaired) electrons. The number of hydrogen-bond acceptors (Lipinski definition) is 7. The molecule has 2 atom stereocenters. The van der Waals surface area contributed by atoms with Crippen LogP contribution in [0.5, 0.6) is 0 Å². The van der Waals surface area contributed by atoms with E-state index >= 15 is 0 Å². The molecular weight excluding hydrogens is 434 g/mol. The first kappa shape index (κ1) is 22.2. The number of ether oxygens (including phenoxy) is 1. The topological polar surface area (TPSA) is 80.6 Å². The number of nitrogens with zero attached hydrogens (tertiary/aromatic N) is 5. The number of hydrogen-bond donors (Lipinski definition) is 0. The summed E-state index contributed by atoms with van der Waals surface area (Å²) in [4.78, 5) is 35.7. The van der Waals surface area contributed by atoms with Gasteiger partial charge < -0.3 is 14.5 Å². The number of fused-ring (bicyclic) bond motifs is 1. The van der Waals surface area contributed by atoms with Gasteiger partial charge in [-0.3, -0.25) is 19.1 Å². The van der Waals surface area contributed by atoms with Gasteiger partial charge in [-0.15, -0.1) is 0 Å². The number of rotatable bonds is 4. The molecule has 2 aromatic rings. The van der Waals surface area contributed by atoms with Crippen molar-refractivity contribution in [2.75, 3.05) is 36.1 Å². The van der Waals surface area contributed by atoms with E-state index in [2.05, 4.69) is 9.97 Å². The van der Waals surface area contributed by atoms with Crippen molar-refractivity contribution in [3.63, 3.8) is 0 Å². The lowest BCUT2D eigenvalue weighted by molar-refractivity contribution is -0.152. The number of Topliss-reactive ketones (excluding diaryl/α,β-unsaturated/α-hetero) is 1. The zero-order chi connectivity index (χ0) is 23.0. The van der Waals surface area contributed by atoms with Gasteiger partial charge in [-0.1, -0.05) is 6.07 Å². The minimum atomic E-state index is -4.69. The van der Waals surface area contributed by atoms with Crippen LogP contribution < -0.4 is 15.4 Å². The Morgan fingerprint density at radius 2 is 2.06 bits per heavy atom. The number of morpholine rings is 1. The maximum Gasteiger partial charge on any atom is 0.408 e. The van der Waals surface area contributed by atoms with Crippen molar-refractivity contribution in [2.45, 2.75) is 38.1 Å². The SMILES string of the molecule is CC1COCCN1c1nc2n(c(=O)c1F)CCC(C(F)(F)F)N2CC(=O)c1ccccn1. The van der Waals surface area contributed by atoms with Crippen molar-refractivity contribution >= 4 is 17.5 Å². The molecular formula is C20H21F4N5O3. The average molecular weight is 455 g/mol. The predicted octanol–water partition coefficient (Wildman–Crippen LogP) is 2.03. The van der Waals surface area contributed by atoms with Crippen molar-refractivity contribution in [1.29, 1.82) is 0 Å². The molecule has 2 unspecified atom stereocenters. The molecule has 1 saturated heterocycles. The number of pyridine rings is 1. The van der Waals surface area contributed by atoms with E-state index in [0.29, 0.717) is 0 Å². The minimum absolute atomic E-state index is 0.0166. The standard InChI is InChI=1S/C20H21F4N5O3/c1-12-11-32-9-8-27(12)17-16(21)18(31)28-7-5-15(20(22,23)24)29(19(28)26-17)10-14(30)13-4-2-3-6-25-13/h2-4,6,12,15H,5,7-11H2,1H3. The van der Waals surface area contributed by atoms with Crippen LogP contribution in [-0.4, -0.2) is 64.9 Å². The molecule has 172 valence electrons. The second kappa shape index (κ2) is 8.49. The molecule has 32 heavy (non-hydrogen) atoms. The molecule has 0 aliphatic carbocycles. The molecule has 1 fully saturated rings. The van der Waals surface area contributed by atoms with E-state index in [1.165, 1.54) is 17.2 Å². The van der Waals surface area contributed by atoms with Gasteiger partial charge in [0.15, 0.2) is 11.6 Å². The fourth-order valence-electron chi connectivity index (χ4n) is 3.99. The summed E-state index contributed by atoms with van der Waals surface area (Å²) >= 11 is 0. The third kappa shape index (κ3) is 4.06. The molecule has 0 amide bonds. The van der Waals surface area contributed by atoms with Crippen LogP contribution in [-0.2, 0) is 11.3 Å². The third-order valence-electron chi connectivity index (χ3n) is 5.62. The molecule has 8 nitrogen and oxygen atoms in total. The van der Waals surface area contributed by atoms with Crippen molar-refractivity contribution in [3.05, 3.63) is 46.3 Å². The first-order chi connectivity index (χ1) is 15.2. The molecule has 4 rings (SSSR count). The fraction of sp³-hybridized carbons (Fsp3) is 0.500. The van der Waals surface area contributed by atoms with Crippen LogP contribution in [0, 0.1) is 5.82 Å². The molecule has 0 saturated carbocycles.